The Balaban J connectivity index is 1.55. The summed E-state index contributed by atoms with van der Waals surface area (Å²) in [6.07, 6.45) is 4.88. The van der Waals surface area contributed by atoms with Gasteiger partial charge in [0.15, 0.2) is 0 Å². The molecule has 0 N–H and O–H groups in total. The fourth-order valence-electron chi connectivity index (χ4n) is 3.20. The molecule has 1 unspecified atom stereocenters. The molecule has 1 atom stereocenters. The topological polar surface area (TPSA) is 68.2 Å². The van der Waals surface area contributed by atoms with Crippen molar-refractivity contribution in [3.63, 3.8) is 0 Å². The van der Waals surface area contributed by atoms with E-state index in [1.807, 2.05) is 0 Å². The molecule has 1 aliphatic rings. The van der Waals surface area contributed by atoms with Crippen LogP contribution in [0.25, 0.3) is 0 Å². The quantitative estimate of drug-likeness (QED) is 0.683. The molecule has 6 nitrogen and oxygen atoms in total. The number of carbonyl (C=O) groups is 1. The molecule has 4 rings (SSSR count). The number of aromatic nitrogens is 3. The van der Waals surface area contributed by atoms with Gasteiger partial charge in [0.2, 0.25) is 5.88 Å². The van der Waals surface area contributed by atoms with Gasteiger partial charge in [0.1, 0.15) is 23.0 Å². The predicted molar refractivity (Wildman–Crippen MR) is 98.5 cm³/mol. The number of benzene rings is 1. The maximum Gasteiger partial charge on any atom is 0.273 e. The molecule has 27 heavy (non-hydrogen) atoms. The van der Waals surface area contributed by atoms with E-state index < -0.39 is 0 Å². The molecule has 3 aromatic rings. The maximum absolute atomic E-state index is 13.4. The van der Waals surface area contributed by atoms with Crippen LogP contribution in [0.5, 0.6) is 11.6 Å². The van der Waals surface area contributed by atoms with Gasteiger partial charge in [-0.1, -0.05) is 6.07 Å². The van der Waals surface area contributed by atoms with E-state index in [4.69, 9.17) is 4.74 Å². The predicted octanol–water partition coefficient (Wildman–Crippen LogP) is 3.88. The number of hydrogen-bond acceptors (Lipinski definition) is 6. The first-order valence-corrected chi connectivity index (χ1v) is 9.57. The van der Waals surface area contributed by atoms with Crippen LogP contribution in [-0.2, 0) is 0 Å². The fourth-order valence-corrected chi connectivity index (χ4v) is 3.73. The summed E-state index contributed by atoms with van der Waals surface area (Å²) < 4.78 is 19.2. The third-order valence-corrected chi connectivity index (χ3v) is 5.04. The first-order chi connectivity index (χ1) is 13.2. The lowest BCUT2D eigenvalue weighted by Crippen LogP contribution is -2.39. The van der Waals surface area contributed by atoms with Crippen molar-refractivity contribution < 1.29 is 13.9 Å². The number of rotatable bonds is 4. The van der Waals surface area contributed by atoms with Crippen molar-refractivity contribution >= 4 is 17.2 Å². The van der Waals surface area contributed by atoms with Crippen molar-refractivity contribution in [2.24, 2.45) is 0 Å². The zero-order valence-electron chi connectivity index (χ0n) is 14.4. The van der Waals surface area contributed by atoms with Crippen LogP contribution in [-0.4, -0.2) is 38.8 Å². The molecule has 0 aliphatic carbocycles. The summed E-state index contributed by atoms with van der Waals surface area (Å²) in [5.74, 6) is 0.255. The molecule has 0 radical (unpaired) electrons. The molecule has 138 valence electrons. The van der Waals surface area contributed by atoms with Crippen LogP contribution in [0.3, 0.4) is 0 Å². The Hall–Kier alpha value is -2.87. The first kappa shape index (κ1) is 17.5. The van der Waals surface area contributed by atoms with Crippen LogP contribution < -0.4 is 4.74 Å². The van der Waals surface area contributed by atoms with E-state index in [0.29, 0.717) is 36.1 Å². The summed E-state index contributed by atoms with van der Waals surface area (Å²) in [5.41, 5.74) is 2.80. The van der Waals surface area contributed by atoms with Crippen LogP contribution in [0.2, 0.25) is 0 Å². The Labute approximate surface area is 159 Å². The molecule has 8 heteroatoms. The third kappa shape index (κ3) is 3.95. The minimum Gasteiger partial charge on any atom is -0.437 e. The lowest BCUT2D eigenvalue weighted by Gasteiger charge is -2.32. The van der Waals surface area contributed by atoms with E-state index in [1.54, 1.807) is 40.3 Å². The monoisotopic (exact) mass is 384 g/mol. The van der Waals surface area contributed by atoms with Gasteiger partial charge in [-0.3, -0.25) is 9.78 Å². The second-order valence-electron chi connectivity index (χ2n) is 6.27. The minimum absolute atomic E-state index is 0.00130. The molecule has 1 aromatic carbocycles. The fraction of sp³-hybridized carbons (Fsp3) is 0.263. The number of piperidine rings is 1. The van der Waals surface area contributed by atoms with Crippen LogP contribution >= 0.6 is 11.3 Å². The van der Waals surface area contributed by atoms with E-state index in [1.165, 1.54) is 23.5 Å². The van der Waals surface area contributed by atoms with Gasteiger partial charge in [0.05, 0.1) is 5.51 Å². The largest absolute Gasteiger partial charge is 0.437 e. The van der Waals surface area contributed by atoms with Gasteiger partial charge in [0, 0.05) is 42.8 Å². The highest BCUT2D eigenvalue weighted by molar-refractivity contribution is 7.07. The first-order valence-electron chi connectivity index (χ1n) is 8.62. The molecule has 0 bridgehead atoms. The smallest absolute Gasteiger partial charge is 0.273 e. The van der Waals surface area contributed by atoms with Gasteiger partial charge in [-0.05, 0) is 25.0 Å². The lowest BCUT2D eigenvalue weighted by molar-refractivity contribution is 0.0699. The van der Waals surface area contributed by atoms with Crippen LogP contribution in [0, 0.1) is 5.82 Å². The second kappa shape index (κ2) is 7.79. The van der Waals surface area contributed by atoms with Gasteiger partial charge in [-0.15, -0.1) is 11.3 Å². The summed E-state index contributed by atoms with van der Waals surface area (Å²) in [5, 5.41) is 1.76. The van der Waals surface area contributed by atoms with Crippen LogP contribution in [0.15, 0.2) is 47.5 Å². The molecule has 2 aromatic heterocycles. The van der Waals surface area contributed by atoms with Crippen molar-refractivity contribution in [3.05, 3.63) is 64.8 Å². The van der Waals surface area contributed by atoms with Crippen LogP contribution in [0.4, 0.5) is 4.39 Å². The van der Waals surface area contributed by atoms with Crippen molar-refractivity contribution in [1.82, 2.24) is 19.9 Å². The summed E-state index contributed by atoms with van der Waals surface area (Å²) in [4.78, 5) is 27.2. The highest BCUT2D eigenvalue weighted by Crippen LogP contribution is 2.33. The van der Waals surface area contributed by atoms with Gasteiger partial charge in [-0.2, -0.15) is 0 Å². The highest BCUT2D eigenvalue weighted by Gasteiger charge is 2.29. The van der Waals surface area contributed by atoms with E-state index >= 15 is 0 Å². The van der Waals surface area contributed by atoms with E-state index in [-0.39, 0.29) is 17.6 Å². The Morgan fingerprint density at radius 2 is 2.15 bits per heavy atom. The van der Waals surface area contributed by atoms with Crippen molar-refractivity contribution in [2.45, 2.75) is 18.8 Å². The number of ether oxygens (including phenoxy) is 1. The molecular formula is C19H17FN4O2S. The number of likely N-dealkylation sites (tertiary alicyclic amines) is 1. The average Bonchev–Trinajstić information content (AvgIpc) is 3.23. The second-order valence-corrected chi connectivity index (χ2v) is 6.99. The average molecular weight is 384 g/mol. The molecule has 0 spiro atoms. The minimum atomic E-state index is -0.379. The molecule has 1 amide bonds. The normalized spacial score (nSPS) is 16.9. The third-order valence-electron chi connectivity index (χ3n) is 4.45. The SMILES string of the molecule is O=C(c1cscn1)N1CCCC(c2nccnc2Oc2cccc(F)c2)C1. The number of carbonyl (C=O) groups excluding carboxylic acids is 1. The Morgan fingerprint density at radius 1 is 1.26 bits per heavy atom. The summed E-state index contributed by atoms with van der Waals surface area (Å²) in [6.45, 7) is 1.21. The highest BCUT2D eigenvalue weighted by atomic mass is 32.1. The van der Waals surface area contributed by atoms with Gasteiger partial charge in [-0.25, -0.2) is 14.4 Å². The molecule has 1 fully saturated rings. The Kier molecular flexibility index (Phi) is 5.06. The Morgan fingerprint density at radius 3 is 2.96 bits per heavy atom. The van der Waals surface area contributed by atoms with E-state index in [0.717, 1.165) is 12.8 Å². The standard InChI is InChI=1S/C19H17FN4O2S/c20-14-4-1-5-15(9-14)26-18-17(21-6-7-22-18)13-3-2-8-24(10-13)19(25)16-11-27-12-23-16/h1,4-7,9,11-13H,2-3,8,10H2. The number of amides is 1. The van der Waals surface area contributed by atoms with Gasteiger partial charge >= 0.3 is 0 Å². The van der Waals surface area contributed by atoms with E-state index in [2.05, 4.69) is 15.0 Å². The number of hydrogen-bond donors (Lipinski definition) is 0. The summed E-state index contributed by atoms with van der Waals surface area (Å²) >= 11 is 1.40. The van der Waals surface area contributed by atoms with Gasteiger partial charge < -0.3 is 9.64 Å². The van der Waals surface area contributed by atoms with Crippen molar-refractivity contribution in [1.29, 1.82) is 0 Å². The molecule has 0 saturated carbocycles. The van der Waals surface area contributed by atoms with E-state index in [9.17, 15) is 9.18 Å². The summed E-state index contributed by atoms with van der Waals surface area (Å²) in [7, 11) is 0. The van der Waals surface area contributed by atoms with Crippen LogP contribution in [0.1, 0.15) is 34.9 Å². The molecule has 1 saturated heterocycles. The van der Waals surface area contributed by atoms with Crippen molar-refractivity contribution in [3.8, 4) is 11.6 Å². The summed E-state index contributed by atoms with van der Waals surface area (Å²) in [6, 6.07) is 5.90. The lowest BCUT2D eigenvalue weighted by atomic mass is 9.94. The van der Waals surface area contributed by atoms with Crippen molar-refractivity contribution in [2.75, 3.05) is 13.1 Å². The molecule has 3 heterocycles. The number of halogens is 1. The Bertz CT molecular complexity index is 935. The molecular weight excluding hydrogens is 367 g/mol. The number of nitrogens with zero attached hydrogens (tertiary/aromatic N) is 4. The number of thiazole rings is 1. The zero-order valence-corrected chi connectivity index (χ0v) is 15.2. The van der Waals surface area contributed by atoms with Gasteiger partial charge in [0.25, 0.3) is 5.91 Å². The molecule has 1 aliphatic heterocycles. The maximum atomic E-state index is 13.4. The zero-order chi connectivity index (χ0) is 18.6.